The summed E-state index contributed by atoms with van der Waals surface area (Å²) < 4.78 is 25.2. The minimum Gasteiger partial charge on any atom is -0.490 e. The first kappa shape index (κ1) is 20.3. The molecule has 9 heteroatoms. The molecule has 1 aliphatic carbocycles. The quantitative estimate of drug-likeness (QED) is 0.579. The van der Waals surface area contributed by atoms with Gasteiger partial charge in [-0.1, -0.05) is 6.07 Å². The maximum absolute atomic E-state index is 14.1. The second-order valence-electron chi connectivity index (χ2n) is 8.09. The van der Waals surface area contributed by atoms with Crippen LogP contribution in [0.4, 0.5) is 15.0 Å². The number of anilines is 1. The summed E-state index contributed by atoms with van der Waals surface area (Å²) in [5.41, 5.74) is 2.47. The second-order valence-corrected chi connectivity index (χ2v) is 8.09. The van der Waals surface area contributed by atoms with Crippen molar-refractivity contribution in [3.8, 4) is 22.8 Å². The molecule has 0 unspecified atom stereocenters. The largest absolute Gasteiger partial charge is 0.490 e. The Morgan fingerprint density at radius 1 is 1.22 bits per heavy atom. The van der Waals surface area contributed by atoms with Crippen molar-refractivity contribution >= 4 is 11.8 Å². The summed E-state index contributed by atoms with van der Waals surface area (Å²) in [7, 11) is 1.55. The molecule has 2 aromatic heterocycles. The number of hydrogen-bond donors (Lipinski definition) is 1. The fourth-order valence-corrected chi connectivity index (χ4v) is 3.77. The van der Waals surface area contributed by atoms with E-state index < -0.39 is 0 Å². The number of aromatic nitrogens is 3. The molecule has 0 spiro atoms. The Balaban J connectivity index is 1.29. The molecule has 1 aromatic carbocycles. The first-order valence-electron chi connectivity index (χ1n) is 10.6. The number of aromatic amines is 1. The van der Waals surface area contributed by atoms with E-state index in [-0.39, 0.29) is 17.6 Å². The molecule has 2 fully saturated rings. The molecule has 3 aromatic rings. The number of pyridine rings is 1. The number of rotatable bonds is 8. The highest BCUT2D eigenvalue weighted by atomic mass is 19.1. The van der Waals surface area contributed by atoms with Gasteiger partial charge < -0.3 is 14.4 Å². The van der Waals surface area contributed by atoms with Gasteiger partial charge in [0.05, 0.1) is 19.9 Å². The first-order chi connectivity index (χ1) is 15.6. The number of urea groups is 1. The number of nitrogens with one attached hydrogen (secondary N) is 1. The molecule has 32 heavy (non-hydrogen) atoms. The third-order valence-electron chi connectivity index (χ3n) is 5.76. The predicted octanol–water partition coefficient (Wildman–Crippen LogP) is 3.85. The Kier molecular flexibility index (Phi) is 5.38. The summed E-state index contributed by atoms with van der Waals surface area (Å²) in [5.74, 6) is 1.35. The monoisotopic (exact) mass is 437 g/mol. The van der Waals surface area contributed by atoms with E-state index in [2.05, 4.69) is 15.2 Å². The summed E-state index contributed by atoms with van der Waals surface area (Å²) in [6.07, 6.45) is 5.73. The lowest BCUT2D eigenvalue weighted by molar-refractivity contribution is 0.218. The summed E-state index contributed by atoms with van der Waals surface area (Å²) in [6.45, 7) is 1.97. The van der Waals surface area contributed by atoms with Crippen LogP contribution in [0.2, 0.25) is 0 Å². The Morgan fingerprint density at radius 2 is 2.09 bits per heavy atom. The number of benzene rings is 1. The van der Waals surface area contributed by atoms with E-state index in [9.17, 15) is 9.18 Å². The minimum absolute atomic E-state index is 0.152. The average Bonchev–Trinajstić information content (AvgIpc) is 3.34. The summed E-state index contributed by atoms with van der Waals surface area (Å²) in [4.78, 5) is 20.9. The highest BCUT2D eigenvalue weighted by molar-refractivity contribution is 5.93. The van der Waals surface area contributed by atoms with Gasteiger partial charge >= 0.3 is 6.03 Å². The lowest BCUT2D eigenvalue weighted by atomic mass is 10.1. The average molecular weight is 437 g/mol. The van der Waals surface area contributed by atoms with E-state index in [1.807, 2.05) is 6.07 Å². The molecule has 5 rings (SSSR count). The lowest BCUT2D eigenvalue weighted by Crippen LogP contribution is -2.32. The molecule has 3 heterocycles. The maximum Gasteiger partial charge on any atom is 0.326 e. The minimum atomic E-state index is -0.377. The highest BCUT2D eigenvalue weighted by Gasteiger charge is 2.31. The molecule has 1 saturated heterocycles. The number of H-pyrrole nitrogens is 1. The molecule has 2 aliphatic rings. The van der Waals surface area contributed by atoms with Crippen molar-refractivity contribution < 1.29 is 18.7 Å². The van der Waals surface area contributed by atoms with Crippen LogP contribution in [0.1, 0.15) is 18.4 Å². The van der Waals surface area contributed by atoms with Crippen LogP contribution >= 0.6 is 0 Å². The molecule has 0 bridgehead atoms. The van der Waals surface area contributed by atoms with Crippen LogP contribution in [-0.2, 0) is 6.54 Å². The van der Waals surface area contributed by atoms with Crippen molar-refractivity contribution in [1.29, 1.82) is 0 Å². The van der Waals surface area contributed by atoms with Gasteiger partial charge in [-0.25, -0.2) is 9.18 Å². The second kappa shape index (κ2) is 8.49. The number of carbonyl (C=O) groups is 1. The number of carbonyl (C=O) groups excluding carboxylic acids is 1. The van der Waals surface area contributed by atoms with Crippen LogP contribution in [0.25, 0.3) is 11.1 Å². The Hall–Kier alpha value is -3.62. The number of ether oxygens (including phenoxy) is 2. The molecule has 1 N–H and O–H groups in total. The van der Waals surface area contributed by atoms with Gasteiger partial charge in [-0.2, -0.15) is 10.1 Å². The van der Waals surface area contributed by atoms with Crippen molar-refractivity contribution in [2.45, 2.75) is 19.4 Å². The number of halogens is 1. The topological polar surface area (TPSA) is 83.6 Å². The van der Waals surface area contributed by atoms with Crippen molar-refractivity contribution in [2.75, 3.05) is 31.7 Å². The third-order valence-corrected chi connectivity index (χ3v) is 5.76. The van der Waals surface area contributed by atoms with Crippen LogP contribution < -0.4 is 14.4 Å². The van der Waals surface area contributed by atoms with Gasteiger partial charge in [-0.3, -0.25) is 10.00 Å². The fraction of sp³-hybridized carbons (Fsp3) is 0.348. The predicted molar refractivity (Wildman–Crippen MR) is 116 cm³/mol. The molecule has 8 nitrogen and oxygen atoms in total. The molecular weight excluding hydrogens is 413 g/mol. The van der Waals surface area contributed by atoms with E-state index in [1.165, 1.54) is 6.07 Å². The molecule has 0 atom stereocenters. The van der Waals surface area contributed by atoms with Gasteiger partial charge in [0.1, 0.15) is 5.82 Å². The zero-order valence-corrected chi connectivity index (χ0v) is 17.8. The van der Waals surface area contributed by atoms with E-state index in [4.69, 9.17) is 9.47 Å². The smallest absolute Gasteiger partial charge is 0.326 e. The van der Waals surface area contributed by atoms with Gasteiger partial charge in [0.15, 0.2) is 11.6 Å². The van der Waals surface area contributed by atoms with Gasteiger partial charge in [0.2, 0.25) is 5.88 Å². The normalized spacial score (nSPS) is 16.0. The molecule has 166 valence electrons. The van der Waals surface area contributed by atoms with Crippen molar-refractivity contribution in [1.82, 2.24) is 20.1 Å². The molecule has 1 aliphatic heterocycles. The van der Waals surface area contributed by atoms with E-state index >= 15 is 0 Å². The van der Waals surface area contributed by atoms with E-state index in [1.54, 1.807) is 47.5 Å². The number of methoxy groups -OCH3 is 1. The van der Waals surface area contributed by atoms with Crippen molar-refractivity contribution in [3.05, 3.63) is 54.1 Å². The molecular formula is C23H24FN5O3. The summed E-state index contributed by atoms with van der Waals surface area (Å²) in [5, 5.41) is 6.73. The molecule has 0 radical (unpaired) electrons. The third kappa shape index (κ3) is 4.10. The first-order valence-corrected chi connectivity index (χ1v) is 10.6. The van der Waals surface area contributed by atoms with Crippen LogP contribution in [0.3, 0.4) is 0 Å². The zero-order chi connectivity index (χ0) is 22.1. The SMILES string of the molecule is COc1nc(N2CCN(Cc3ccc(F)c(OCC4CC4)c3)C2=O)ccc1-c1cn[nH]c1. The van der Waals surface area contributed by atoms with E-state index in [0.717, 1.165) is 29.5 Å². The Labute approximate surface area is 185 Å². The van der Waals surface area contributed by atoms with Gasteiger partial charge in [0, 0.05) is 37.0 Å². The lowest BCUT2D eigenvalue weighted by Gasteiger charge is -2.19. The number of nitrogens with zero attached hydrogens (tertiary/aromatic N) is 4. The van der Waals surface area contributed by atoms with Crippen LogP contribution in [-0.4, -0.2) is 52.9 Å². The number of amides is 2. The van der Waals surface area contributed by atoms with Crippen molar-refractivity contribution in [2.24, 2.45) is 5.92 Å². The van der Waals surface area contributed by atoms with E-state index in [0.29, 0.717) is 43.9 Å². The zero-order valence-electron chi connectivity index (χ0n) is 17.8. The number of hydrogen-bond acceptors (Lipinski definition) is 5. The summed E-state index contributed by atoms with van der Waals surface area (Å²) >= 11 is 0. The Morgan fingerprint density at radius 3 is 2.84 bits per heavy atom. The van der Waals surface area contributed by atoms with Crippen LogP contribution in [0, 0.1) is 11.7 Å². The summed E-state index contributed by atoms with van der Waals surface area (Å²) in [6, 6.07) is 8.29. The van der Waals surface area contributed by atoms with Gasteiger partial charge in [-0.05, 0) is 48.6 Å². The van der Waals surface area contributed by atoms with Gasteiger partial charge in [0.25, 0.3) is 0 Å². The standard InChI is InChI=1S/C23H24FN5O3/c1-31-22-18(17-11-25-26-12-17)5-7-21(27-22)29-9-8-28(23(29)30)13-16-4-6-19(24)20(10-16)32-14-15-2-3-15/h4-7,10-12,15H,2-3,8-9,13-14H2,1H3,(H,25,26). The fourth-order valence-electron chi connectivity index (χ4n) is 3.77. The highest BCUT2D eigenvalue weighted by Crippen LogP contribution is 2.32. The molecule has 2 amide bonds. The maximum atomic E-state index is 14.1. The van der Waals surface area contributed by atoms with Crippen LogP contribution in [0.5, 0.6) is 11.6 Å². The van der Waals surface area contributed by atoms with Gasteiger partial charge in [-0.15, -0.1) is 0 Å². The molecule has 1 saturated carbocycles. The Bertz CT molecular complexity index is 1120. The van der Waals surface area contributed by atoms with Crippen LogP contribution in [0.15, 0.2) is 42.7 Å². The van der Waals surface area contributed by atoms with Crippen molar-refractivity contribution in [3.63, 3.8) is 0 Å².